The lowest BCUT2D eigenvalue weighted by molar-refractivity contribution is -0.139. The van der Waals surface area contributed by atoms with E-state index in [1.165, 1.54) is 19.4 Å². The van der Waals surface area contributed by atoms with Crippen molar-refractivity contribution < 1.29 is 27.4 Å². The van der Waals surface area contributed by atoms with Gasteiger partial charge in [0.15, 0.2) is 0 Å². The first-order valence-electron chi connectivity index (χ1n) is 8.50. The average molecular weight is 380 g/mol. The molecule has 1 saturated heterocycles. The number of benzene rings is 1. The summed E-state index contributed by atoms with van der Waals surface area (Å²) in [6.07, 6.45) is -2.38. The van der Waals surface area contributed by atoms with Crippen LogP contribution >= 0.6 is 0 Å². The van der Waals surface area contributed by atoms with E-state index in [0.29, 0.717) is 31.5 Å². The Morgan fingerprint density at radius 1 is 1.15 bits per heavy atom. The van der Waals surface area contributed by atoms with E-state index in [4.69, 9.17) is 4.74 Å². The van der Waals surface area contributed by atoms with Gasteiger partial charge in [-0.3, -0.25) is 0 Å². The van der Waals surface area contributed by atoms with Crippen molar-refractivity contribution in [3.05, 3.63) is 53.7 Å². The lowest BCUT2D eigenvalue weighted by Crippen LogP contribution is -2.38. The molecule has 8 heteroatoms. The first kappa shape index (κ1) is 19.0. The highest BCUT2D eigenvalue weighted by molar-refractivity contribution is 5.89. The minimum atomic E-state index is -4.49. The van der Waals surface area contributed by atoms with E-state index in [1.54, 1.807) is 12.1 Å². The molecule has 0 N–H and O–H groups in total. The van der Waals surface area contributed by atoms with Crippen molar-refractivity contribution in [2.24, 2.45) is 0 Å². The van der Waals surface area contributed by atoms with Gasteiger partial charge in [-0.1, -0.05) is 0 Å². The van der Waals surface area contributed by atoms with Gasteiger partial charge < -0.3 is 14.4 Å². The molecule has 0 amide bonds. The van der Waals surface area contributed by atoms with Gasteiger partial charge in [-0.05, 0) is 36.4 Å². The Bertz CT molecular complexity index is 786. The number of hydrogen-bond donors (Lipinski definition) is 0. The van der Waals surface area contributed by atoms with Crippen molar-refractivity contribution >= 4 is 11.7 Å². The molecular weight excluding hydrogens is 361 g/mol. The van der Waals surface area contributed by atoms with Gasteiger partial charge in [0.1, 0.15) is 11.7 Å². The van der Waals surface area contributed by atoms with E-state index in [2.05, 4.69) is 14.6 Å². The summed E-state index contributed by atoms with van der Waals surface area (Å²) in [5.74, 6) is -0.768. The molecule has 0 atom stereocenters. The van der Waals surface area contributed by atoms with Crippen LogP contribution in [-0.4, -0.2) is 37.3 Å². The largest absolute Gasteiger partial charge is 0.474 e. The SMILES string of the molecule is COC(=O)c1ccc(N2CCC(Oc3ncccc3C(F)(F)F)CC2)cc1. The molecule has 1 fully saturated rings. The van der Waals surface area contributed by atoms with E-state index in [9.17, 15) is 18.0 Å². The summed E-state index contributed by atoms with van der Waals surface area (Å²) in [4.78, 5) is 17.3. The van der Waals surface area contributed by atoms with Crippen molar-refractivity contribution in [3.8, 4) is 5.88 Å². The zero-order valence-electron chi connectivity index (χ0n) is 14.7. The fourth-order valence-corrected chi connectivity index (χ4v) is 3.02. The number of piperidine rings is 1. The first-order valence-corrected chi connectivity index (χ1v) is 8.50. The number of ether oxygens (including phenoxy) is 2. The number of halogens is 3. The van der Waals surface area contributed by atoms with Gasteiger partial charge in [-0.15, -0.1) is 0 Å². The Hall–Kier alpha value is -2.77. The number of esters is 1. The van der Waals surface area contributed by atoms with Gasteiger partial charge in [0, 0.05) is 37.8 Å². The van der Waals surface area contributed by atoms with Crippen LogP contribution in [0.3, 0.4) is 0 Å². The van der Waals surface area contributed by atoms with E-state index in [0.717, 1.165) is 11.8 Å². The van der Waals surface area contributed by atoms with Crippen LogP contribution in [0.1, 0.15) is 28.8 Å². The van der Waals surface area contributed by atoms with E-state index < -0.39 is 17.7 Å². The minimum Gasteiger partial charge on any atom is -0.474 e. The van der Waals surface area contributed by atoms with Crippen molar-refractivity contribution in [2.45, 2.75) is 25.1 Å². The first-order chi connectivity index (χ1) is 12.9. The summed E-state index contributed by atoms with van der Waals surface area (Å²) >= 11 is 0. The smallest absolute Gasteiger partial charge is 0.421 e. The van der Waals surface area contributed by atoms with Gasteiger partial charge in [-0.25, -0.2) is 9.78 Å². The molecular formula is C19H19F3N2O3. The second-order valence-electron chi connectivity index (χ2n) is 6.20. The zero-order chi connectivity index (χ0) is 19.4. The second kappa shape index (κ2) is 7.85. The summed E-state index contributed by atoms with van der Waals surface area (Å²) in [6, 6.07) is 9.25. The summed E-state index contributed by atoms with van der Waals surface area (Å²) in [6.45, 7) is 1.27. The van der Waals surface area contributed by atoms with Crippen LogP contribution in [0.4, 0.5) is 18.9 Å². The van der Waals surface area contributed by atoms with Crippen molar-refractivity contribution in [1.29, 1.82) is 0 Å². The molecule has 1 aromatic carbocycles. The van der Waals surface area contributed by atoms with Crippen LogP contribution in [-0.2, 0) is 10.9 Å². The number of rotatable bonds is 4. The predicted octanol–water partition coefficient (Wildman–Crippen LogP) is 3.93. The molecule has 144 valence electrons. The van der Waals surface area contributed by atoms with Crippen LogP contribution in [0.15, 0.2) is 42.6 Å². The predicted molar refractivity (Wildman–Crippen MR) is 92.9 cm³/mol. The van der Waals surface area contributed by atoms with Crippen molar-refractivity contribution in [3.63, 3.8) is 0 Å². The third kappa shape index (κ3) is 4.50. The van der Waals surface area contributed by atoms with Crippen LogP contribution in [0, 0.1) is 0 Å². The van der Waals surface area contributed by atoms with Crippen LogP contribution < -0.4 is 9.64 Å². The molecule has 2 heterocycles. The van der Waals surface area contributed by atoms with Gasteiger partial charge in [0.05, 0.1) is 12.7 Å². The maximum Gasteiger partial charge on any atom is 0.421 e. The highest BCUT2D eigenvalue weighted by atomic mass is 19.4. The molecule has 1 aromatic heterocycles. The maximum atomic E-state index is 13.0. The third-order valence-corrected chi connectivity index (χ3v) is 4.45. The van der Waals surface area contributed by atoms with E-state index >= 15 is 0 Å². The standard InChI is InChI=1S/C19H19F3N2O3/c1-26-18(25)13-4-6-14(7-5-13)24-11-8-15(9-12-24)27-17-16(19(20,21)22)3-2-10-23-17/h2-7,10,15H,8-9,11-12H2,1H3. The van der Waals surface area contributed by atoms with Crippen LogP contribution in [0.25, 0.3) is 0 Å². The molecule has 2 aromatic rings. The maximum absolute atomic E-state index is 13.0. The molecule has 27 heavy (non-hydrogen) atoms. The summed E-state index contributed by atoms with van der Waals surface area (Å²) in [7, 11) is 1.33. The number of nitrogens with zero attached hydrogens (tertiary/aromatic N) is 2. The lowest BCUT2D eigenvalue weighted by atomic mass is 10.1. The van der Waals surface area contributed by atoms with Gasteiger partial charge >= 0.3 is 12.1 Å². The summed E-state index contributed by atoms with van der Waals surface area (Å²) in [5, 5.41) is 0. The molecule has 0 saturated carbocycles. The number of methoxy groups -OCH3 is 1. The van der Waals surface area contributed by atoms with Gasteiger partial charge in [0.25, 0.3) is 0 Å². The molecule has 1 aliphatic heterocycles. The summed E-state index contributed by atoms with van der Waals surface area (Å²) in [5.41, 5.74) is 0.551. The molecule has 0 aliphatic carbocycles. The van der Waals surface area contributed by atoms with E-state index in [-0.39, 0.29) is 12.0 Å². The number of carbonyl (C=O) groups excluding carboxylic acids is 1. The molecule has 0 bridgehead atoms. The Kier molecular flexibility index (Phi) is 5.53. The number of pyridine rings is 1. The molecule has 1 aliphatic rings. The Morgan fingerprint density at radius 3 is 2.41 bits per heavy atom. The Morgan fingerprint density at radius 2 is 1.81 bits per heavy atom. The monoisotopic (exact) mass is 380 g/mol. The fraction of sp³-hybridized carbons (Fsp3) is 0.368. The number of alkyl halides is 3. The molecule has 0 unspecified atom stereocenters. The highest BCUT2D eigenvalue weighted by Gasteiger charge is 2.36. The van der Waals surface area contributed by atoms with Crippen molar-refractivity contribution in [1.82, 2.24) is 4.98 Å². The third-order valence-electron chi connectivity index (χ3n) is 4.45. The molecule has 0 radical (unpaired) electrons. The average Bonchev–Trinajstić information content (AvgIpc) is 2.68. The topological polar surface area (TPSA) is 51.7 Å². The molecule has 5 nitrogen and oxygen atoms in total. The van der Waals surface area contributed by atoms with Gasteiger partial charge in [-0.2, -0.15) is 13.2 Å². The lowest BCUT2D eigenvalue weighted by Gasteiger charge is -2.33. The normalized spacial score (nSPS) is 15.5. The fourth-order valence-electron chi connectivity index (χ4n) is 3.02. The molecule has 3 rings (SSSR count). The number of carbonyl (C=O) groups is 1. The van der Waals surface area contributed by atoms with Crippen molar-refractivity contribution in [2.75, 3.05) is 25.1 Å². The van der Waals surface area contributed by atoms with Crippen LogP contribution in [0.2, 0.25) is 0 Å². The summed E-state index contributed by atoms with van der Waals surface area (Å²) < 4.78 is 49.3. The number of aromatic nitrogens is 1. The highest BCUT2D eigenvalue weighted by Crippen LogP contribution is 2.35. The van der Waals surface area contributed by atoms with E-state index in [1.807, 2.05) is 12.1 Å². The quantitative estimate of drug-likeness (QED) is 0.753. The number of hydrogen-bond acceptors (Lipinski definition) is 5. The number of anilines is 1. The Balaban J connectivity index is 1.61. The van der Waals surface area contributed by atoms with Crippen LogP contribution in [0.5, 0.6) is 5.88 Å². The second-order valence-corrected chi connectivity index (χ2v) is 6.20. The minimum absolute atomic E-state index is 0.327. The van der Waals surface area contributed by atoms with Gasteiger partial charge in [0.2, 0.25) is 5.88 Å². The zero-order valence-corrected chi connectivity index (χ0v) is 14.7. The molecule has 0 spiro atoms. The Labute approximate surface area is 154 Å².